The van der Waals surface area contributed by atoms with Crippen LogP contribution in [0.3, 0.4) is 0 Å². The van der Waals surface area contributed by atoms with Crippen molar-refractivity contribution in [2.24, 2.45) is 0 Å². The molecule has 0 aliphatic heterocycles. The first-order chi connectivity index (χ1) is 8.15. The summed E-state index contributed by atoms with van der Waals surface area (Å²) in [5.74, 6) is 0.0531. The lowest BCUT2D eigenvalue weighted by atomic mass is 10.1. The van der Waals surface area contributed by atoms with Crippen LogP contribution in [0.2, 0.25) is 0 Å². The van der Waals surface area contributed by atoms with Crippen molar-refractivity contribution in [2.75, 3.05) is 0 Å². The van der Waals surface area contributed by atoms with Gasteiger partial charge in [0, 0.05) is 40.7 Å². The van der Waals surface area contributed by atoms with Crippen molar-refractivity contribution in [3.63, 3.8) is 0 Å². The van der Waals surface area contributed by atoms with E-state index in [0.717, 1.165) is 15.7 Å². The van der Waals surface area contributed by atoms with Gasteiger partial charge in [0.25, 0.3) is 0 Å². The van der Waals surface area contributed by atoms with Crippen molar-refractivity contribution in [3.05, 3.63) is 58.1 Å². The second-order valence-corrected chi connectivity index (χ2v) is 4.72. The third-order valence-corrected chi connectivity index (χ3v) is 2.79. The lowest BCUT2D eigenvalue weighted by molar-refractivity contribution is 0.0992. The largest absolute Gasteiger partial charge is 0.294 e. The molecule has 0 aliphatic rings. The zero-order valence-electron chi connectivity index (χ0n) is 9.35. The Morgan fingerprint density at radius 1 is 1.29 bits per heavy atom. The van der Waals surface area contributed by atoms with Gasteiger partial charge in [-0.1, -0.05) is 0 Å². The molecule has 2 rings (SSSR count). The zero-order chi connectivity index (χ0) is 12.3. The molecule has 0 aromatic carbocycles. The maximum absolute atomic E-state index is 12.0. The Labute approximate surface area is 108 Å². The molecule has 2 aromatic rings. The molecule has 0 saturated carbocycles. The van der Waals surface area contributed by atoms with Crippen LogP contribution in [0, 0.1) is 6.92 Å². The third-order valence-electron chi connectivity index (χ3n) is 2.36. The molecule has 17 heavy (non-hydrogen) atoms. The lowest BCUT2D eigenvalue weighted by Crippen LogP contribution is -2.04. The number of nitrogens with zero attached hydrogens (tertiary/aromatic N) is 2. The van der Waals surface area contributed by atoms with E-state index in [4.69, 9.17) is 0 Å². The van der Waals surface area contributed by atoms with Gasteiger partial charge in [0.05, 0.1) is 0 Å². The van der Waals surface area contributed by atoms with Crippen LogP contribution in [0.4, 0.5) is 0 Å². The van der Waals surface area contributed by atoms with Crippen LogP contribution in [0.5, 0.6) is 0 Å². The van der Waals surface area contributed by atoms with E-state index in [0.29, 0.717) is 12.0 Å². The minimum Gasteiger partial charge on any atom is -0.294 e. The van der Waals surface area contributed by atoms with Gasteiger partial charge < -0.3 is 0 Å². The lowest BCUT2D eigenvalue weighted by Gasteiger charge is -2.01. The standard InChI is InChI=1S/C13H11BrN2O/c1-9-2-3-11(7-16-9)13(17)5-10-4-12(14)8-15-6-10/h2-4,6-8H,5H2,1H3. The molecule has 0 amide bonds. The van der Waals surface area contributed by atoms with E-state index in [2.05, 4.69) is 25.9 Å². The maximum Gasteiger partial charge on any atom is 0.168 e. The molecule has 4 heteroatoms. The molecule has 0 unspecified atom stereocenters. The predicted octanol–water partition coefficient (Wildman–Crippen LogP) is 2.97. The van der Waals surface area contributed by atoms with E-state index in [1.807, 2.05) is 19.1 Å². The van der Waals surface area contributed by atoms with E-state index in [1.165, 1.54) is 0 Å². The Bertz CT molecular complexity index is 537. The molecule has 0 spiro atoms. The van der Waals surface area contributed by atoms with Crippen molar-refractivity contribution in [3.8, 4) is 0 Å². The Balaban J connectivity index is 2.14. The first-order valence-electron chi connectivity index (χ1n) is 5.20. The number of hydrogen-bond acceptors (Lipinski definition) is 3. The van der Waals surface area contributed by atoms with Gasteiger partial charge in [-0.3, -0.25) is 14.8 Å². The fourth-order valence-electron chi connectivity index (χ4n) is 1.47. The molecule has 86 valence electrons. The summed E-state index contributed by atoms with van der Waals surface area (Å²) in [6.07, 6.45) is 5.35. The zero-order valence-corrected chi connectivity index (χ0v) is 10.9. The van der Waals surface area contributed by atoms with Crippen molar-refractivity contribution in [2.45, 2.75) is 13.3 Å². The van der Waals surface area contributed by atoms with Crippen LogP contribution in [-0.4, -0.2) is 15.8 Å². The van der Waals surface area contributed by atoms with E-state index < -0.39 is 0 Å². The molecule has 0 radical (unpaired) electrons. The minimum atomic E-state index is 0.0531. The van der Waals surface area contributed by atoms with E-state index in [9.17, 15) is 4.79 Å². The Kier molecular flexibility index (Phi) is 3.64. The van der Waals surface area contributed by atoms with Crippen molar-refractivity contribution < 1.29 is 4.79 Å². The maximum atomic E-state index is 12.0. The second-order valence-electron chi connectivity index (χ2n) is 3.80. The first kappa shape index (κ1) is 11.9. The average molecular weight is 291 g/mol. The summed E-state index contributed by atoms with van der Waals surface area (Å²) in [4.78, 5) is 20.1. The number of halogens is 1. The number of aromatic nitrogens is 2. The van der Waals surface area contributed by atoms with Gasteiger partial charge in [-0.25, -0.2) is 0 Å². The van der Waals surface area contributed by atoms with Crippen molar-refractivity contribution in [1.82, 2.24) is 9.97 Å². The molecular formula is C13H11BrN2O. The summed E-state index contributed by atoms with van der Waals surface area (Å²) in [5.41, 5.74) is 2.44. The summed E-state index contributed by atoms with van der Waals surface area (Å²) in [5, 5.41) is 0. The highest BCUT2D eigenvalue weighted by molar-refractivity contribution is 9.10. The normalized spacial score (nSPS) is 10.2. The van der Waals surface area contributed by atoms with Gasteiger partial charge in [-0.15, -0.1) is 0 Å². The van der Waals surface area contributed by atoms with E-state index >= 15 is 0 Å². The number of pyridine rings is 2. The molecule has 0 saturated heterocycles. The first-order valence-corrected chi connectivity index (χ1v) is 6.00. The van der Waals surface area contributed by atoms with Crippen LogP contribution in [0.1, 0.15) is 21.6 Å². The minimum absolute atomic E-state index is 0.0531. The summed E-state index contributed by atoms with van der Waals surface area (Å²) in [6.45, 7) is 1.90. The van der Waals surface area contributed by atoms with Gasteiger partial charge in [0.1, 0.15) is 0 Å². The second kappa shape index (κ2) is 5.19. The highest BCUT2D eigenvalue weighted by atomic mass is 79.9. The molecule has 2 aromatic heterocycles. The summed E-state index contributed by atoms with van der Waals surface area (Å²) in [6, 6.07) is 5.54. The molecule has 0 atom stereocenters. The number of aryl methyl sites for hydroxylation is 1. The van der Waals surface area contributed by atoms with Gasteiger partial charge in [0.2, 0.25) is 0 Å². The van der Waals surface area contributed by atoms with Gasteiger partial charge in [-0.05, 0) is 46.6 Å². The van der Waals surface area contributed by atoms with Crippen LogP contribution in [-0.2, 0) is 6.42 Å². The Morgan fingerprint density at radius 2 is 2.12 bits per heavy atom. The van der Waals surface area contributed by atoms with Crippen LogP contribution in [0.15, 0.2) is 41.3 Å². The van der Waals surface area contributed by atoms with Crippen LogP contribution in [0.25, 0.3) is 0 Å². The fourth-order valence-corrected chi connectivity index (χ4v) is 1.88. The monoisotopic (exact) mass is 290 g/mol. The molecule has 0 aliphatic carbocycles. The summed E-state index contributed by atoms with van der Waals surface area (Å²) in [7, 11) is 0. The van der Waals surface area contributed by atoms with Gasteiger partial charge in [-0.2, -0.15) is 0 Å². The molecule has 0 fully saturated rings. The summed E-state index contributed by atoms with van der Waals surface area (Å²) >= 11 is 3.33. The predicted molar refractivity (Wildman–Crippen MR) is 68.9 cm³/mol. The smallest absolute Gasteiger partial charge is 0.168 e. The number of rotatable bonds is 3. The average Bonchev–Trinajstić information content (AvgIpc) is 2.29. The number of ketones is 1. The highest BCUT2D eigenvalue weighted by Crippen LogP contribution is 2.12. The van der Waals surface area contributed by atoms with E-state index in [1.54, 1.807) is 24.7 Å². The number of Topliss-reactive ketones (excluding diaryl/α,β-unsaturated/α-hetero) is 1. The van der Waals surface area contributed by atoms with Crippen LogP contribution < -0.4 is 0 Å². The highest BCUT2D eigenvalue weighted by Gasteiger charge is 2.07. The molecule has 0 bridgehead atoms. The van der Waals surface area contributed by atoms with Gasteiger partial charge >= 0.3 is 0 Å². The Hall–Kier alpha value is -1.55. The number of carbonyl (C=O) groups is 1. The van der Waals surface area contributed by atoms with E-state index in [-0.39, 0.29) is 5.78 Å². The number of carbonyl (C=O) groups excluding carboxylic acids is 1. The molecular weight excluding hydrogens is 280 g/mol. The number of hydrogen-bond donors (Lipinski definition) is 0. The summed E-state index contributed by atoms with van der Waals surface area (Å²) < 4.78 is 0.879. The SMILES string of the molecule is Cc1ccc(C(=O)Cc2cncc(Br)c2)cn1. The Morgan fingerprint density at radius 3 is 2.76 bits per heavy atom. The molecule has 2 heterocycles. The van der Waals surface area contributed by atoms with Crippen molar-refractivity contribution >= 4 is 21.7 Å². The van der Waals surface area contributed by atoms with Crippen LogP contribution >= 0.6 is 15.9 Å². The fraction of sp³-hybridized carbons (Fsp3) is 0.154. The van der Waals surface area contributed by atoms with Gasteiger partial charge in [0.15, 0.2) is 5.78 Å². The molecule has 0 N–H and O–H groups in total. The molecule has 3 nitrogen and oxygen atoms in total. The van der Waals surface area contributed by atoms with Crippen molar-refractivity contribution in [1.29, 1.82) is 0 Å². The third kappa shape index (κ3) is 3.20. The quantitative estimate of drug-likeness (QED) is 0.816. The topological polar surface area (TPSA) is 42.9 Å².